The van der Waals surface area contributed by atoms with Gasteiger partial charge in [-0.2, -0.15) is 0 Å². The molecule has 1 aliphatic heterocycles. The molecule has 1 fully saturated rings. The molecule has 0 spiro atoms. The Morgan fingerprint density at radius 1 is 1.50 bits per heavy atom. The monoisotopic (exact) mass is 439 g/mol. The minimum absolute atomic E-state index is 0. The van der Waals surface area contributed by atoms with Crippen molar-refractivity contribution in [3.8, 4) is 0 Å². The van der Waals surface area contributed by atoms with Crippen LogP contribution in [0, 0.1) is 5.82 Å². The Labute approximate surface area is 152 Å². The van der Waals surface area contributed by atoms with Crippen molar-refractivity contribution in [2.45, 2.75) is 24.3 Å². The molecule has 0 radical (unpaired) electrons. The third kappa shape index (κ3) is 5.92. The van der Waals surface area contributed by atoms with Gasteiger partial charge in [0.1, 0.15) is 5.82 Å². The van der Waals surface area contributed by atoms with E-state index in [0.717, 1.165) is 31.2 Å². The number of nitrogens with one attached hydrogen (secondary N) is 1. The zero-order valence-corrected chi connectivity index (χ0v) is 15.8. The van der Waals surface area contributed by atoms with Crippen LogP contribution in [0.2, 0.25) is 0 Å². The van der Waals surface area contributed by atoms with Crippen LogP contribution in [0.1, 0.15) is 13.3 Å². The lowest BCUT2D eigenvalue weighted by Crippen LogP contribution is -2.40. The molecular weight excluding hydrogens is 416 g/mol. The third-order valence-electron chi connectivity index (χ3n) is 3.24. The number of hydrogen-bond acceptors (Lipinski definition) is 3. The maximum absolute atomic E-state index is 13.5. The van der Waals surface area contributed by atoms with Crippen molar-refractivity contribution in [1.29, 1.82) is 0 Å². The quantitative estimate of drug-likeness (QED) is 0.244. The normalized spacial score (nSPS) is 18.2. The number of β-amino-alcohol motifs (C(OH)–C–C–N with tert-alkyl or cyclic N) is 1. The van der Waals surface area contributed by atoms with E-state index in [9.17, 15) is 9.50 Å². The lowest BCUT2D eigenvalue weighted by molar-refractivity contribution is 0.188. The van der Waals surface area contributed by atoms with E-state index in [0.29, 0.717) is 18.0 Å². The minimum atomic E-state index is -0.262. The fraction of sp³-hybridized carbons (Fsp3) is 0.533. The molecule has 1 heterocycles. The fourth-order valence-corrected chi connectivity index (χ4v) is 3.01. The number of nitrogens with zero attached hydrogens (tertiary/aromatic N) is 2. The van der Waals surface area contributed by atoms with Gasteiger partial charge in [-0.1, -0.05) is 12.1 Å². The van der Waals surface area contributed by atoms with Crippen LogP contribution in [0.5, 0.6) is 0 Å². The summed E-state index contributed by atoms with van der Waals surface area (Å²) in [6.07, 6.45) is 0.524. The van der Waals surface area contributed by atoms with E-state index in [2.05, 4.69) is 15.2 Å². The number of rotatable bonds is 5. The molecule has 1 aromatic rings. The number of halogens is 2. The Morgan fingerprint density at radius 3 is 2.91 bits per heavy atom. The summed E-state index contributed by atoms with van der Waals surface area (Å²) in [7, 11) is 0. The molecule has 124 valence electrons. The number of thioether (sulfide) groups is 1. The summed E-state index contributed by atoms with van der Waals surface area (Å²) >= 11 is 1.47. The lowest BCUT2D eigenvalue weighted by atomic mass is 10.3. The van der Waals surface area contributed by atoms with E-state index in [1.807, 2.05) is 13.0 Å². The van der Waals surface area contributed by atoms with E-state index < -0.39 is 0 Å². The predicted octanol–water partition coefficient (Wildman–Crippen LogP) is 2.57. The predicted molar refractivity (Wildman–Crippen MR) is 101 cm³/mol. The highest BCUT2D eigenvalue weighted by molar-refractivity contribution is 14.0. The topological polar surface area (TPSA) is 47.9 Å². The van der Waals surface area contributed by atoms with Crippen LogP contribution in [0.15, 0.2) is 34.2 Å². The number of benzene rings is 1. The first-order valence-corrected chi connectivity index (χ1v) is 8.28. The molecule has 1 saturated heterocycles. The second kappa shape index (κ2) is 10.3. The average Bonchev–Trinajstić information content (AvgIpc) is 2.90. The Morgan fingerprint density at radius 2 is 2.27 bits per heavy atom. The lowest BCUT2D eigenvalue weighted by Gasteiger charge is -2.20. The van der Waals surface area contributed by atoms with Crippen LogP contribution in [0.4, 0.5) is 4.39 Å². The molecule has 2 N–H and O–H groups in total. The van der Waals surface area contributed by atoms with Crippen LogP contribution >= 0.6 is 35.7 Å². The van der Waals surface area contributed by atoms with Crippen molar-refractivity contribution >= 4 is 41.7 Å². The van der Waals surface area contributed by atoms with Crippen molar-refractivity contribution in [2.75, 3.05) is 31.9 Å². The summed E-state index contributed by atoms with van der Waals surface area (Å²) in [4.78, 5) is 7.28. The molecule has 1 aliphatic rings. The van der Waals surface area contributed by atoms with Gasteiger partial charge in [0, 0.05) is 30.3 Å². The van der Waals surface area contributed by atoms with Gasteiger partial charge in [0.05, 0.1) is 12.6 Å². The molecule has 4 nitrogen and oxygen atoms in total. The second-order valence-corrected chi connectivity index (χ2v) is 6.04. The van der Waals surface area contributed by atoms with Gasteiger partial charge in [-0.15, -0.1) is 35.7 Å². The highest BCUT2D eigenvalue weighted by Crippen LogP contribution is 2.20. The first-order valence-electron chi connectivity index (χ1n) is 7.29. The van der Waals surface area contributed by atoms with Crippen molar-refractivity contribution in [3.63, 3.8) is 0 Å². The number of aliphatic hydroxyl groups is 1. The Kier molecular flexibility index (Phi) is 9.11. The molecule has 0 amide bonds. The Hall–Kier alpha value is -0.540. The summed E-state index contributed by atoms with van der Waals surface area (Å²) in [5.74, 6) is 1.39. The average molecular weight is 439 g/mol. The van der Waals surface area contributed by atoms with Gasteiger partial charge in [-0.05, 0) is 25.5 Å². The van der Waals surface area contributed by atoms with Gasteiger partial charge in [0.2, 0.25) is 0 Å². The Bertz CT molecular complexity index is 490. The summed E-state index contributed by atoms with van der Waals surface area (Å²) in [5.41, 5.74) is 0. The molecule has 0 saturated carbocycles. The summed E-state index contributed by atoms with van der Waals surface area (Å²) in [6, 6.07) is 6.79. The maximum atomic E-state index is 13.5. The van der Waals surface area contributed by atoms with Crippen molar-refractivity contribution in [3.05, 3.63) is 30.1 Å². The first-order chi connectivity index (χ1) is 10.2. The van der Waals surface area contributed by atoms with Crippen molar-refractivity contribution < 1.29 is 9.50 Å². The molecule has 1 aromatic carbocycles. The molecule has 0 aliphatic carbocycles. The van der Waals surface area contributed by atoms with Crippen molar-refractivity contribution in [2.24, 2.45) is 4.99 Å². The number of aliphatic imine (C=N–C) groups is 1. The second-order valence-electron chi connectivity index (χ2n) is 4.90. The zero-order valence-electron chi connectivity index (χ0n) is 12.7. The maximum Gasteiger partial charge on any atom is 0.194 e. The molecule has 1 atom stereocenters. The summed E-state index contributed by atoms with van der Waals surface area (Å²) < 4.78 is 13.5. The van der Waals surface area contributed by atoms with E-state index in [4.69, 9.17) is 0 Å². The van der Waals surface area contributed by atoms with Gasteiger partial charge in [-0.25, -0.2) is 4.39 Å². The SMILES string of the molecule is CCNC(=NCCSc1ccccc1F)N1CC[C@@H](O)C1.I. The molecule has 22 heavy (non-hydrogen) atoms. The number of likely N-dealkylation sites (tertiary alicyclic amines) is 1. The highest BCUT2D eigenvalue weighted by Gasteiger charge is 2.22. The van der Waals surface area contributed by atoms with Crippen LogP contribution < -0.4 is 5.32 Å². The van der Waals surface area contributed by atoms with Crippen LogP contribution in [-0.2, 0) is 0 Å². The number of hydrogen-bond donors (Lipinski definition) is 2. The summed E-state index contributed by atoms with van der Waals surface area (Å²) in [5, 5.41) is 12.8. The Balaban J connectivity index is 0.00000242. The molecule has 0 unspecified atom stereocenters. The molecular formula is C15H23FIN3OS. The summed E-state index contributed by atoms with van der Waals surface area (Å²) in [6.45, 7) is 4.90. The van der Waals surface area contributed by atoms with E-state index in [1.165, 1.54) is 17.8 Å². The highest BCUT2D eigenvalue weighted by atomic mass is 127. The van der Waals surface area contributed by atoms with Gasteiger partial charge in [0.25, 0.3) is 0 Å². The van der Waals surface area contributed by atoms with Crippen molar-refractivity contribution in [1.82, 2.24) is 10.2 Å². The standard InChI is InChI=1S/C15H22FN3OS.HI/c1-2-17-15(19-9-7-12(20)11-19)18-8-10-21-14-6-4-3-5-13(14)16;/h3-6,12,20H,2,7-11H2,1H3,(H,17,18);1H/t12-;/m1./s1. The molecule has 2 rings (SSSR count). The van der Waals surface area contributed by atoms with Crippen LogP contribution in [0.25, 0.3) is 0 Å². The molecule has 0 aromatic heterocycles. The van der Waals surface area contributed by atoms with Gasteiger partial charge >= 0.3 is 0 Å². The molecule has 7 heteroatoms. The fourth-order valence-electron chi connectivity index (χ4n) is 2.23. The number of aliphatic hydroxyl groups excluding tert-OH is 1. The van der Waals surface area contributed by atoms with Gasteiger partial charge in [0.15, 0.2) is 5.96 Å². The number of guanidine groups is 1. The largest absolute Gasteiger partial charge is 0.391 e. The first kappa shape index (κ1) is 19.5. The van der Waals surface area contributed by atoms with E-state index in [-0.39, 0.29) is 35.9 Å². The van der Waals surface area contributed by atoms with E-state index >= 15 is 0 Å². The third-order valence-corrected chi connectivity index (χ3v) is 4.27. The van der Waals surface area contributed by atoms with Gasteiger partial charge < -0.3 is 15.3 Å². The zero-order chi connectivity index (χ0) is 15.1. The minimum Gasteiger partial charge on any atom is -0.391 e. The van der Waals surface area contributed by atoms with E-state index in [1.54, 1.807) is 12.1 Å². The van der Waals surface area contributed by atoms with Gasteiger partial charge in [-0.3, -0.25) is 4.99 Å². The van der Waals surface area contributed by atoms with Crippen LogP contribution in [0.3, 0.4) is 0 Å². The molecule has 0 bridgehead atoms. The van der Waals surface area contributed by atoms with Crippen LogP contribution in [-0.4, -0.2) is 54.0 Å². The smallest absolute Gasteiger partial charge is 0.194 e.